The number of hydrogen-bond donors (Lipinski definition) is 0. The molecule has 0 aromatic heterocycles. The van der Waals surface area contributed by atoms with E-state index in [9.17, 15) is 4.79 Å². The van der Waals surface area contributed by atoms with E-state index in [4.69, 9.17) is 4.74 Å². The van der Waals surface area contributed by atoms with Gasteiger partial charge in [0, 0.05) is 11.8 Å². The first-order chi connectivity index (χ1) is 6.86. The van der Waals surface area contributed by atoms with Gasteiger partial charge in [0.05, 0.1) is 12.6 Å². The zero-order valence-electron chi connectivity index (χ0n) is 9.91. The van der Waals surface area contributed by atoms with Crippen molar-refractivity contribution in [2.45, 2.75) is 45.9 Å². The van der Waals surface area contributed by atoms with Gasteiger partial charge in [0.15, 0.2) is 0 Å². The molecule has 0 N–H and O–H groups in total. The number of carbonyl (C=O) groups excluding carboxylic acids is 1. The Kier molecular flexibility index (Phi) is 1.54. The van der Waals surface area contributed by atoms with Crippen molar-refractivity contribution in [2.24, 2.45) is 17.3 Å². The van der Waals surface area contributed by atoms with Crippen molar-refractivity contribution in [2.75, 3.05) is 6.61 Å². The van der Waals surface area contributed by atoms with E-state index in [0.717, 1.165) is 6.42 Å². The Hall–Kier alpha value is -0.570. The van der Waals surface area contributed by atoms with Crippen molar-refractivity contribution in [3.8, 4) is 0 Å². The van der Waals surface area contributed by atoms with E-state index in [1.807, 2.05) is 4.90 Å². The number of fused-ring (bicyclic) bond motifs is 3. The van der Waals surface area contributed by atoms with Crippen molar-refractivity contribution in [3.05, 3.63) is 0 Å². The molecule has 84 valence electrons. The maximum atomic E-state index is 12.1. The van der Waals surface area contributed by atoms with Crippen LogP contribution in [-0.4, -0.2) is 29.2 Å². The van der Waals surface area contributed by atoms with Crippen LogP contribution >= 0.6 is 0 Å². The molecule has 1 saturated carbocycles. The Bertz CT molecular complexity index is 333. The van der Waals surface area contributed by atoms with Crippen molar-refractivity contribution in [1.29, 1.82) is 0 Å². The van der Waals surface area contributed by atoms with Crippen LogP contribution in [0.4, 0.5) is 0 Å². The number of hydrogen-bond acceptors (Lipinski definition) is 2. The highest BCUT2D eigenvalue weighted by Crippen LogP contribution is 2.60. The lowest BCUT2D eigenvalue weighted by atomic mass is 9.86. The van der Waals surface area contributed by atoms with Gasteiger partial charge in [0.1, 0.15) is 5.72 Å². The van der Waals surface area contributed by atoms with E-state index >= 15 is 0 Å². The maximum absolute atomic E-state index is 12.1. The number of rotatable bonds is 0. The molecular formula is C12H19NO2. The normalized spacial score (nSPS) is 48.1. The summed E-state index contributed by atoms with van der Waals surface area (Å²) in [6, 6.07) is 0.253. The van der Waals surface area contributed by atoms with Crippen LogP contribution in [0, 0.1) is 17.3 Å². The van der Waals surface area contributed by atoms with E-state index in [1.165, 1.54) is 0 Å². The number of ether oxygens (including phenoxy) is 1. The second-order valence-corrected chi connectivity index (χ2v) is 6.40. The van der Waals surface area contributed by atoms with Crippen LogP contribution in [0.15, 0.2) is 0 Å². The molecule has 0 unspecified atom stereocenters. The van der Waals surface area contributed by atoms with Crippen LogP contribution in [0.1, 0.15) is 34.1 Å². The third-order valence-electron chi connectivity index (χ3n) is 4.36. The molecule has 0 spiro atoms. The highest BCUT2D eigenvalue weighted by Gasteiger charge is 2.70. The van der Waals surface area contributed by atoms with Crippen molar-refractivity contribution in [1.82, 2.24) is 4.90 Å². The average Bonchev–Trinajstić information content (AvgIpc) is 2.76. The number of amides is 1. The average molecular weight is 209 g/mol. The standard InChI is InChI=1S/C12H19NO2/c1-11(2,3)9-6-15-12(4)8-5-7(8)10(14)13(9)12/h7-9H,5-6H2,1-4H3/t7-,8+,9+,12+/m0/s1. The first-order valence-corrected chi connectivity index (χ1v) is 5.83. The highest BCUT2D eigenvalue weighted by atomic mass is 16.5. The summed E-state index contributed by atoms with van der Waals surface area (Å²) in [5, 5.41) is 0. The monoisotopic (exact) mass is 209 g/mol. The number of nitrogens with zero attached hydrogens (tertiary/aromatic N) is 1. The second kappa shape index (κ2) is 2.40. The maximum Gasteiger partial charge on any atom is 0.228 e. The van der Waals surface area contributed by atoms with Gasteiger partial charge in [-0.15, -0.1) is 0 Å². The van der Waals surface area contributed by atoms with Gasteiger partial charge in [-0.2, -0.15) is 0 Å². The quantitative estimate of drug-likeness (QED) is 0.607. The molecule has 15 heavy (non-hydrogen) atoms. The summed E-state index contributed by atoms with van der Waals surface area (Å²) in [6.45, 7) is 9.35. The fourth-order valence-electron chi connectivity index (χ4n) is 3.24. The van der Waals surface area contributed by atoms with Crippen LogP contribution in [0.5, 0.6) is 0 Å². The van der Waals surface area contributed by atoms with Crippen molar-refractivity contribution >= 4 is 5.91 Å². The molecule has 3 nitrogen and oxygen atoms in total. The fraction of sp³-hybridized carbons (Fsp3) is 0.917. The first-order valence-electron chi connectivity index (χ1n) is 5.83. The van der Waals surface area contributed by atoms with Gasteiger partial charge in [0.25, 0.3) is 0 Å². The Morgan fingerprint density at radius 2 is 2.13 bits per heavy atom. The van der Waals surface area contributed by atoms with E-state index in [2.05, 4.69) is 27.7 Å². The van der Waals surface area contributed by atoms with Crippen molar-refractivity contribution < 1.29 is 9.53 Å². The molecule has 0 aromatic rings. The third-order valence-corrected chi connectivity index (χ3v) is 4.36. The minimum atomic E-state index is -0.278. The lowest BCUT2D eigenvalue weighted by Crippen LogP contribution is -2.50. The first kappa shape index (κ1) is 9.64. The summed E-state index contributed by atoms with van der Waals surface area (Å²) < 4.78 is 5.93. The van der Waals surface area contributed by atoms with Crippen molar-refractivity contribution in [3.63, 3.8) is 0 Å². The predicted octanol–water partition coefficient (Wildman–Crippen LogP) is 1.63. The molecule has 1 amide bonds. The molecule has 1 aliphatic carbocycles. The largest absolute Gasteiger partial charge is 0.353 e. The van der Waals surface area contributed by atoms with Crippen LogP contribution in [0.3, 0.4) is 0 Å². The highest BCUT2D eigenvalue weighted by molar-refractivity contribution is 5.86. The van der Waals surface area contributed by atoms with Gasteiger partial charge in [-0.25, -0.2) is 0 Å². The van der Waals surface area contributed by atoms with Gasteiger partial charge in [-0.1, -0.05) is 20.8 Å². The molecule has 3 rings (SSSR count). The minimum absolute atomic E-state index is 0.115. The van der Waals surface area contributed by atoms with Crippen LogP contribution in [-0.2, 0) is 9.53 Å². The molecule has 2 aliphatic heterocycles. The summed E-state index contributed by atoms with van der Waals surface area (Å²) in [5.41, 5.74) is -0.163. The van der Waals surface area contributed by atoms with Gasteiger partial charge in [-0.3, -0.25) is 4.79 Å². The predicted molar refractivity (Wildman–Crippen MR) is 56.0 cm³/mol. The molecule has 3 fully saturated rings. The smallest absolute Gasteiger partial charge is 0.228 e. The van der Waals surface area contributed by atoms with Gasteiger partial charge in [-0.05, 0) is 18.8 Å². The topological polar surface area (TPSA) is 29.5 Å². The summed E-state index contributed by atoms with van der Waals surface area (Å²) in [4.78, 5) is 14.2. The van der Waals surface area contributed by atoms with Crippen LogP contribution < -0.4 is 0 Å². The lowest BCUT2D eigenvalue weighted by Gasteiger charge is -2.38. The summed E-state index contributed by atoms with van der Waals surface area (Å²) in [6.07, 6.45) is 1.04. The summed E-state index contributed by atoms with van der Waals surface area (Å²) in [5.74, 6) is 1.08. The van der Waals surface area contributed by atoms with Gasteiger partial charge < -0.3 is 9.64 Å². The summed E-state index contributed by atoms with van der Waals surface area (Å²) in [7, 11) is 0. The Morgan fingerprint density at radius 3 is 2.73 bits per heavy atom. The molecule has 0 aromatic carbocycles. The van der Waals surface area contributed by atoms with E-state index in [1.54, 1.807) is 0 Å². The summed E-state index contributed by atoms with van der Waals surface area (Å²) >= 11 is 0. The molecule has 0 radical (unpaired) electrons. The van der Waals surface area contributed by atoms with E-state index in [0.29, 0.717) is 18.4 Å². The molecule has 3 heteroatoms. The SMILES string of the molecule is CC(C)(C)[C@H]1CO[C@]2(C)[C@@H]3C[C@@H]3C(=O)N12. The Balaban J connectivity index is 1.97. The van der Waals surface area contributed by atoms with E-state index < -0.39 is 0 Å². The van der Waals surface area contributed by atoms with Crippen LogP contribution in [0.25, 0.3) is 0 Å². The van der Waals surface area contributed by atoms with E-state index in [-0.39, 0.29) is 23.1 Å². The number of piperidine rings is 1. The minimum Gasteiger partial charge on any atom is -0.353 e. The fourth-order valence-corrected chi connectivity index (χ4v) is 3.24. The Labute approximate surface area is 90.8 Å². The number of carbonyl (C=O) groups is 1. The second-order valence-electron chi connectivity index (χ2n) is 6.40. The molecule has 2 saturated heterocycles. The van der Waals surface area contributed by atoms with Gasteiger partial charge in [0.2, 0.25) is 5.91 Å². The van der Waals surface area contributed by atoms with Crippen LogP contribution in [0.2, 0.25) is 0 Å². The van der Waals surface area contributed by atoms with Gasteiger partial charge >= 0.3 is 0 Å². The molecular weight excluding hydrogens is 190 g/mol. The zero-order valence-corrected chi connectivity index (χ0v) is 9.91. The lowest BCUT2D eigenvalue weighted by molar-refractivity contribution is -0.144. The zero-order chi connectivity index (χ0) is 11.0. The Morgan fingerprint density at radius 1 is 1.47 bits per heavy atom. The molecule has 4 atom stereocenters. The molecule has 3 aliphatic rings. The third kappa shape index (κ3) is 1.02. The molecule has 2 heterocycles. The molecule has 0 bridgehead atoms.